The normalized spacial score (nSPS) is 18.0. The van der Waals surface area contributed by atoms with Crippen LogP contribution in [0.25, 0.3) is 11.0 Å². The Morgan fingerprint density at radius 3 is 2.34 bits per heavy atom. The van der Waals surface area contributed by atoms with Gasteiger partial charge in [-0.3, -0.25) is 34.5 Å². The Morgan fingerprint density at radius 1 is 0.922 bits per heavy atom. The molecule has 3 fully saturated rings. The van der Waals surface area contributed by atoms with Gasteiger partial charge in [0.05, 0.1) is 46.3 Å². The maximum Gasteiger partial charge on any atom is 0.234 e. The lowest BCUT2D eigenvalue weighted by Crippen LogP contribution is -2.53. The number of imide groups is 1. The SMILES string of the molecule is CCc1cc(Nc2ncc(Br)c(Nc3ccc4nccnc4c3NS(C)(=O)=O)n2)c(OC)cc1N1CCC(N2CCN(CCc3cc(F)c(C4CCC(=O)NC4=O)c(F)c3)CC2)CC1. The van der Waals surface area contributed by atoms with E-state index in [0.717, 1.165) is 76.0 Å². The maximum absolute atomic E-state index is 15.1. The number of nitrogens with one attached hydrogen (secondary N) is 4. The number of aryl methyl sites for hydroxylation is 1. The number of halogens is 3. The van der Waals surface area contributed by atoms with Crippen molar-refractivity contribution in [2.75, 3.05) is 79.4 Å². The smallest absolute Gasteiger partial charge is 0.234 e. The Labute approximate surface area is 378 Å². The first-order chi connectivity index (χ1) is 30.8. The zero-order chi connectivity index (χ0) is 45.1. The van der Waals surface area contributed by atoms with Crippen molar-refractivity contribution in [1.29, 1.82) is 0 Å². The van der Waals surface area contributed by atoms with E-state index in [1.54, 1.807) is 25.4 Å². The first kappa shape index (κ1) is 45.0. The van der Waals surface area contributed by atoms with Crippen LogP contribution in [-0.2, 0) is 32.5 Å². The molecule has 2 aromatic heterocycles. The van der Waals surface area contributed by atoms with Crippen LogP contribution in [0.4, 0.5) is 43.3 Å². The van der Waals surface area contributed by atoms with Crippen molar-refractivity contribution in [3.63, 3.8) is 0 Å². The highest BCUT2D eigenvalue weighted by atomic mass is 79.9. The predicted molar refractivity (Wildman–Crippen MR) is 245 cm³/mol. The zero-order valence-electron chi connectivity index (χ0n) is 35.8. The van der Waals surface area contributed by atoms with Crippen molar-refractivity contribution in [2.45, 2.75) is 57.4 Å². The Bertz CT molecular complexity index is 2660. The average Bonchev–Trinajstić information content (AvgIpc) is 3.27. The Kier molecular flexibility index (Phi) is 13.6. The van der Waals surface area contributed by atoms with Crippen LogP contribution < -0.4 is 30.3 Å². The molecule has 2 amide bonds. The Morgan fingerprint density at radius 2 is 1.66 bits per heavy atom. The van der Waals surface area contributed by atoms with E-state index < -0.39 is 39.4 Å². The molecule has 5 aromatic rings. The Hall–Kier alpha value is -5.57. The molecule has 3 aromatic carbocycles. The van der Waals surface area contributed by atoms with Gasteiger partial charge in [-0.05, 0) is 89.5 Å². The number of fused-ring (bicyclic) bond motifs is 1. The molecule has 1 unspecified atom stereocenters. The number of amides is 2. The van der Waals surface area contributed by atoms with Crippen molar-refractivity contribution >= 4 is 83.3 Å². The number of hydrogen-bond donors (Lipinski definition) is 4. The number of piperidine rings is 2. The summed E-state index contributed by atoms with van der Waals surface area (Å²) >= 11 is 3.52. The topological polar surface area (TPSA) is 187 Å². The summed E-state index contributed by atoms with van der Waals surface area (Å²) in [6.45, 7) is 8.15. The molecule has 8 rings (SSSR count). The second-order valence-corrected chi connectivity index (χ2v) is 18.9. The number of piperazine rings is 1. The van der Waals surface area contributed by atoms with Gasteiger partial charge in [0, 0.05) is 94.2 Å². The van der Waals surface area contributed by atoms with E-state index in [0.29, 0.717) is 69.0 Å². The quantitative estimate of drug-likeness (QED) is 0.0917. The third-order valence-electron chi connectivity index (χ3n) is 12.1. The summed E-state index contributed by atoms with van der Waals surface area (Å²) in [5, 5.41) is 8.74. The molecule has 16 nitrogen and oxygen atoms in total. The van der Waals surface area contributed by atoms with Crippen molar-refractivity contribution < 1.29 is 31.5 Å². The first-order valence-corrected chi connectivity index (χ1v) is 24.0. The monoisotopic (exact) mass is 961 g/mol. The fraction of sp³-hybridized carbons (Fsp3) is 0.409. The number of aromatic nitrogens is 4. The summed E-state index contributed by atoms with van der Waals surface area (Å²) in [5.41, 5.74) is 4.81. The minimum atomic E-state index is -3.66. The average molecular weight is 963 g/mol. The molecule has 3 aliphatic rings. The number of rotatable bonds is 14. The van der Waals surface area contributed by atoms with E-state index >= 15 is 8.78 Å². The molecule has 0 saturated carbocycles. The van der Waals surface area contributed by atoms with Crippen LogP contribution in [-0.4, -0.2) is 115 Å². The molecule has 64 heavy (non-hydrogen) atoms. The lowest BCUT2D eigenvalue weighted by atomic mass is 9.89. The number of nitrogens with zero attached hydrogens (tertiary/aromatic N) is 7. The maximum atomic E-state index is 15.1. The van der Waals surface area contributed by atoms with Crippen molar-refractivity contribution in [3.05, 3.63) is 87.8 Å². The second kappa shape index (κ2) is 19.3. The fourth-order valence-corrected chi connectivity index (χ4v) is 9.71. The summed E-state index contributed by atoms with van der Waals surface area (Å²) < 4.78 is 63.9. The molecule has 0 bridgehead atoms. The molecule has 3 aliphatic heterocycles. The van der Waals surface area contributed by atoms with Crippen molar-refractivity contribution in [2.24, 2.45) is 0 Å². The number of sulfonamides is 1. The van der Waals surface area contributed by atoms with Crippen LogP contribution in [0.1, 0.15) is 55.2 Å². The van der Waals surface area contributed by atoms with Gasteiger partial charge < -0.3 is 25.2 Å². The third-order valence-corrected chi connectivity index (χ3v) is 13.3. The van der Waals surface area contributed by atoms with Crippen molar-refractivity contribution in [1.82, 2.24) is 35.1 Å². The molecule has 1 atom stereocenters. The van der Waals surface area contributed by atoms with E-state index in [9.17, 15) is 18.0 Å². The zero-order valence-corrected chi connectivity index (χ0v) is 38.2. The van der Waals surface area contributed by atoms with Crippen LogP contribution >= 0.6 is 15.9 Å². The van der Waals surface area contributed by atoms with Gasteiger partial charge in [-0.2, -0.15) is 4.98 Å². The third kappa shape index (κ3) is 10.2. The van der Waals surface area contributed by atoms with E-state index in [-0.39, 0.29) is 24.1 Å². The molecule has 4 N–H and O–H groups in total. The summed E-state index contributed by atoms with van der Waals surface area (Å²) in [6, 6.07) is 10.7. The number of benzene rings is 3. The van der Waals surface area contributed by atoms with Crippen molar-refractivity contribution in [3.8, 4) is 5.75 Å². The number of carbonyl (C=O) groups excluding carboxylic acids is 2. The van der Waals surface area contributed by atoms with E-state index in [4.69, 9.17) is 9.72 Å². The van der Waals surface area contributed by atoms with Gasteiger partial charge in [0.2, 0.25) is 27.8 Å². The minimum absolute atomic E-state index is 0.0573. The van der Waals surface area contributed by atoms with E-state index in [1.807, 2.05) is 0 Å². The largest absolute Gasteiger partial charge is 0.494 e. The fourth-order valence-electron chi connectivity index (χ4n) is 8.84. The molecule has 0 aliphatic carbocycles. The van der Waals surface area contributed by atoms with Gasteiger partial charge in [-0.15, -0.1) is 0 Å². The first-order valence-electron chi connectivity index (χ1n) is 21.3. The highest BCUT2D eigenvalue weighted by molar-refractivity contribution is 9.10. The molecular formula is C44H50BrF2N11O5S. The summed E-state index contributed by atoms with van der Waals surface area (Å²) in [6.07, 6.45) is 9.16. The molecular weight excluding hydrogens is 913 g/mol. The van der Waals surface area contributed by atoms with Crippen LogP contribution in [0.2, 0.25) is 0 Å². The van der Waals surface area contributed by atoms with Gasteiger partial charge >= 0.3 is 0 Å². The molecule has 0 radical (unpaired) electrons. The molecule has 0 spiro atoms. The lowest BCUT2D eigenvalue weighted by molar-refractivity contribution is -0.134. The van der Waals surface area contributed by atoms with Crippen LogP contribution in [0.5, 0.6) is 5.75 Å². The molecule has 20 heteroatoms. The molecule has 3 saturated heterocycles. The predicted octanol–water partition coefficient (Wildman–Crippen LogP) is 6.24. The number of methoxy groups -OCH3 is 1. The summed E-state index contributed by atoms with van der Waals surface area (Å²) in [5.74, 6) is -2.25. The van der Waals surface area contributed by atoms with Crippen LogP contribution in [0, 0.1) is 11.6 Å². The van der Waals surface area contributed by atoms with Gasteiger partial charge in [-0.25, -0.2) is 22.2 Å². The Balaban J connectivity index is 0.869. The van der Waals surface area contributed by atoms with Crippen LogP contribution in [0.15, 0.2) is 59.5 Å². The van der Waals surface area contributed by atoms with Crippen LogP contribution in [0.3, 0.4) is 0 Å². The molecule has 5 heterocycles. The highest BCUT2D eigenvalue weighted by Crippen LogP contribution is 2.39. The number of hydrogen-bond acceptors (Lipinski definition) is 14. The van der Waals surface area contributed by atoms with Gasteiger partial charge in [-0.1, -0.05) is 6.92 Å². The van der Waals surface area contributed by atoms with E-state index in [1.165, 1.54) is 24.5 Å². The number of anilines is 6. The number of carbonyl (C=O) groups is 2. The standard InChI is InChI=1S/C44H50BrF2N11O5S/c1-4-27-23-35(52-44-50-25-30(45)42(54-44)51-34-7-6-33-40(49-13-12-48-33)41(34)55-64(3,61)62)37(63-2)24-36(27)58-15-10-28(11-16-58)57-19-17-56(18-20-57)14-9-26-21-31(46)39(32(47)22-26)29-5-8-38(59)53-43(29)60/h6-7,12-13,21-25,28-29,55H,4-5,8-11,14-20H2,1-3H3,(H,53,59,60)(H2,50,51,52,54). The summed E-state index contributed by atoms with van der Waals surface area (Å²) in [4.78, 5) is 49.0. The minimum Gasteiger partial charge on any atom is -0.494 e. The lowest BCUT2D eigenvalue weighted by Gasteiger charge is -2.43. The highest BCUT2D eigenvalue weighted by Gasteiger charge is 2.33. The van der Waals surface area contributed by atoms with E-state index in [2.05, 4.69) is 85.3 Å². The molecule has 338 valence electrons. The van der Waals surface area contributed by atoms with Gasteiger partial charge in [0.1, 0.15) is 28.7 Å². The second-order valence-electron chi connectivity index (χ2n) is 16.3. The van der Waals surface area contributed by atoms with Gasteiger partial charge in [0.25, 0.3) is 0 Å². The van der Waals surface area contributed by atoms with Gasteiger partial charge in [0.15, 0.2) is 0 Å². The summed E-state index contributed by atoms with van der Waals surface area (Å²) in [7, 11) is -2.03. The number of ether oxygens (including phenoxy) is 1.